The zero-order valence-corrected chi connectivity index (χ0v) is 13.1. The third kappa shape index (κ3) is 3.84. The molecule has 114 valence electrons. The molecule has 1 aliphatic heterocycles. The van der Waals surface area contributed by atoms with Crippen LogP contribution in [0, 0.1) is 6.92 Å². The maximum Gasteiger partial charge on any atom is 0.254 e. The molecule has 2 amide bonds. The van der Waals surface area contributed by atoms with Gasteiger partial charge in [-0.1, -0.05) is 18.9 Å². The Bertz CT molecular complexity index is 540. The van der Waals surface area contributed by atoms with Crippen LogP contribution >= 0.6 is 0 Å². The highest BCUT2D eigenvalue weighted by Gasteiger charge is 2.24. The maximum atomic E-state index is 12.8. The van der Waals surface area contributed by atoms with Crippen molar-refractivity contribution in [3.8, 4) is 0 Å². The average Bonchev–Trinajstić information content (AvgIpc) is 2.64. The van der Waals surface area contributed by atoms with Crippen LogP contribution in [-0.2, 0) is 4.79 Å². The predicted molar refractivity (Wildman–Crippen MR) is 84.4 cm³/mol. The highest BCUT2D eigenvalue weighted by atomic mass is 16.2. The minimum absolute atomic E-state index is 0.0779. The van der Waals surface area contributed by atoms with E-state index in [4.69, 9.17) is 0 Å². The van der Waals surface area contributed by atoms with Crippen LogP contribution in [-0.4, -0.2) is 29.3 Å². The average molecular weight is 288 g/mol. The van der Waals surface area contributed by atoms with Gasteiger partial charge in [-0.3, -0.25) is 9.59 Å². The van der Waals surface area contributed by atoms with Gasteiger partial charge in [0.15, 0.2) is 0 Å². The SMILES string of the molecule is CC(=O)Nc1ccc(C)c(C(=O)N2CCCCC[C@H]2C)c1. The van der Waals surface area contributed by atoms with Gasteiger partial charge in [0.05, 0.1) is 0 Å². The monoisotopic (exact) mass is 288 g/mol. The van der Waals surface area contributed by atoms with Crippen molar-refractivity contribution in [3.05, 3.63) is 29.3 Å². The minimum Gasteiger partial charge on any atom is -0.336 e. The van der Waals surface area contributed by atoms with Crippen molar-refractivity contribution in [3.63, 3.8) is 0 Å². The lowest BCUT2D eigenvalue weighted by Gasteiger charge is -2.28. The van der Waals surface area contributed by atoms with Gasteiger partial charge >= 0.3 is 0 Å². The molecule has 0 saturated carbocycles. The first-order chi connectivity index (χ1) is 9.99. The van der Waals surface area contributed by atoms with Gasteiger partial charge in [-0.15, -0.1) is 0 Å². The number of carbonyl (C=O) groups excluding carboxylic acids is 2. The lowest BCUT2D eigenvalue weighted by Crippen LogP contribution is -2.38. The maximum absolute atomic E-state index is 12.8. The third-order valence-electron chi connectivity index (χ3n) is 4.10. The molecule has 0 aliphatic carbocycles. The molecule has 0 bridgehead atoms. The summed E-state index contributed by atoms with van der Waals surface area (Å²) in [5.41, 5.74) is 2.32. The summed E-state index contributed by atoms with van der Waals surface area (Å²) in [7, 11) is 0. The molecule has 4 nitrogen and oxygen atoms in total. The molecule has 0 unspecified atom stereocenters. The zero-order chi connectivity index (χ0) is 15.4. The second-order valence-electron chi connectivity index (χ2n) is 5.91. The molecular formula is C17H24N2O2. The first-order valence-electron chi connectivity index (χ1n) is 7.68. The number of hydrogen-bond donors (Lipinski definition) is 1. The Morgan fingerprint density at radius 2 is 2.00 bits per heavy atom. The molecular weight excluding hydrogens is 264 g/mol. The Hall–Kier alpha value is -1.84. The van der Waals surface area contributed by atoms with E-state index in [-0.39, 0.29) is 17.9 Å². The summed E-state index contributed by atoms with van der Waals surface area (Å²) in [5, 5.41) is 2.74. The van der Waals surface area contributed by atoms with Crippen LogP contribution in [0.1, 0.15) is 55.5 Å². The van der Waals surface area contributed by atoms with Crippen LogP contribution in [0.3, 0.4) is 0 Å². The summed E-state index contributed by atoms with van der Waals surface area (Å²) >= 11 is 0. The molecule has 1 fully saturated rings. The minimum atomic E-state index is -0.125. The van der Waals surface area contributed by atoms with Gasteiger partial charge in [0, 0.05) is 30.8 Å². The van der Waals surface area contributed by atoms with Crippen LogP contribution in [0.4, 0.5) is 5.69 Å². The molecule has 1 aromatic rings. The van der Waals surface area contributed by atoms with Gasteiger partial charge < -0.3 is 10.2 Å². The summed E-state index contributed by atoms with van der Waals surface area (Å²) in [6, 6.07) is 5.79. The van der Waals surface area contributed by atoms with Crippen molar-refractivity contribution < 1.29 is 9.59 Å². The normalized spacial score (nSPS) is 19.0. The number of rotatable bonds is 2. The number of nitrogens with one attached hydrogen (secondary N) is 1. The van der Waals surface area contributed by atoms with E-state index < -0.39 is 0 Å². The Morgan fingerprint density at radius 1 is 1.24 bits per heavy atom. The summed E-state index contributed by atoms with van der Waals surface area (Å²) in [5.74, 6) is -0.0468. The van der Waals surface area contributed by atoms with E-state index in [1.165, 1.54) is 19.8 Å². The summed E-state index contributed by atoms with van der Waals surface area (Å²) in [6.45, 7) is 6.35. The fraction of sp³-hybridized carbons (Fsp3) is 0.529. The molecule has 2 rings (SSSR count). The Balaban J connectivity index is 2.26. The molecule has 1 atom stereocenters. The molecule has 0 radical (unpaired) electrons. The molecule has 1 aliphatic rings. The predicted octanol–water partition coefficient (Wildman–Crippen LogP) is 3.36. The van der Waals surface area contributed by atoms with Crippen LogP contribution in [0.5, 0.6) is 0 Å². The van der Waals surface area contributed by atoms with E-state index in [9.17, 15) is 9.59 Å². The third-order valence-corrected chi connectivity index (χ3v) is 4.10. The molecule has 21 heavy (non-hydrogen) atoms. The number of carbonyl (C=O) groups is 2. The fourth-order valence-corrected chi connectivity index (χ4v) is 2.86. The topological polar surface area (TPSA) is 49.4 Å². The van der Waals surface area contributed by atoms with Gasteiger partial charge in [0.2, 0.25) is 5.91 Å². The Kier molecular flexibility index (Phi) is 4.99. The first-order valence-corrected chi connectivity index (χ1v) is 7.68. The van der Waals surface area contributed by atoms with Gasteiger partial charge in [-0.05, 0) is 44.4 Å². The van der Waals surface area contributed by atoms with E-state index in [0.29, 0.717) is 11.3 Å². The highest BCUT2D eigenvalue weighted by Crippen LogP contribution is 2.22. The number of hydrogen-bond acceptors (Lipinski definition) is 2. The number of nitrogens with zero attached hydrogens (tertiary/aromatic N) is 1. The quantitative estimate of drug-likeness (QED) is 0.907. The molecule has 1 heterocycles. The van der Waals surface area contributed by atoms with Gasteiger partial charge in [0.1, 0.15) is 0 Å². The zero-order valence-electron chi connectivity index (χ0n) is 13.1. The molecule has 4 heteroatoms. The lowest BCUT2D eigenvalue weighted by atomic mass is 10.0. The second kappa shape index (κ2) is 6.74. The van der Waals surface area contributed by atoms with Gasteiger partial charge in [-0.2, -0.15) is 0 Å². The molecule has 1 N–H and O–H groups in total. The van der Waals surface area contributed by atoms with Crippen molar-refractivity contribution in [2.75, 3.05) is 11.9 Å². The van der Waals surface area contributed by atoms with Crippen LogP contribution in [0.25, 0.3) is 0 Å². The molecule has 1 aromatic carbocycles. The largest absolute Gasteiger partial charge is 0.336 e. The lowest BCUT2D eigenvalue weighted by molar-refractivity contribution is -0.114. The molecule has 0 aromatic heterocycles. The van der Waals surface area contributed by atoms with Crippen molar-refractivity contribution in [1.82, 2.24) is 4.90 Å². The number of amides is 2. The van der Waals surface area contributed by atoms with Gasteiger partial charge in [0.25, 0.3) is 5.91 Å². The summed E-state index contributed by atoms with van der Waals surface area (Å²) in [6.07, 6.45) is 4.52. The number of aryl methyl sites for hydroxylation is 1. The van der Waals surface area contributed by atoms with E-state index in [0.717, 1.165) is 24.9 Å². The van der Waals surface area contributed by atoms with Gasteiger partial charge in [-0.25, -0.2) is 0 Å². The van der Waals surface area contributed by atoms with Crippen molar-refractivity contribution in [2.24, 2.45) is 0 Å². The van der Waals surface area contributed by atoms with Crippen molar-refractivity contribution in [1.29, 1.82) is 0 Å². The van der Waals surface area contributed by atoms with E-state index in [1.54, 1.807) is 6.07 Å². The summed E-state index contributed by atoms with van der Waals surface area (Å²) in [4.78, 5) is 26.0. The summed E-state index contributed by atoms with van der Waals surface area (Å²) < 4.78 is 0. The van der Waals surface area contributed by atoms with E-state index >= 15 is 0 Å². The molecule has 1 saturated heterocycles. The van der Waals surface area contributed by atoms with Crippen LogP contribution in [0.15, 0.2) is 18.2 Å². The van der Waals surface area contributed by atoms with Crippen LogP contribution in [0.2, 0.25) is 0 Å². The number of benzene rings is 1. The fourth-order valence-electron chi connectivity index (χ4n) is 2.86. The number of likely N-dealkylation sites (tertiary alicyclic amines) is 1. The van der Waals surface area contributed by atoms with Crippen molar-refractivity contribution in [2.45, 2.75) is 52.5 Å². The highest BCUT2D eigenvalue weighted by molar-refractivity contribution is 5.98. The van der Waals surface area contributed by atoms with Crippen LogP contribution < -0.4 is 5.32 Å². The smallest absolute Gasteiger partial charge is 0.254 e. The standard InChI is InChI=1S/C17H24N2O2/c1-12-8-9-15(18-14(3)20)11-16(12)17(21)19-10-6-4-5-7-13(19)2/h8-9,11,13H,4-7,10H2,1-3H3,(H,18,20)/t13-/m1/s1. The Morgan fingerprint density at radius 3 is 2.71 bits per heavy atom. The first kappa shape index (κ1) is 15.5. The van der Waals surface area contributed by atoms with E-state index in [2.05, 4.69) is 12.2 Å². The Labute approximate surface area is 126 Å². The molecule has 0 spiro atoms. The van der Waals surface area contributed by atoms with E-state index in [1.807, 2.05) is 24.0 Å². The second-order valence-corrected chi connectivity index (χ2v) is 5.91. The number of anilines is 1. The van der Waals surface area contributed by atoms with Crippen molar-refractivity contribution >= 4 is 17.5 Å².